The molecule has 0 radical (unpaired) electrons. The standard InChI is InChI=1S/C16H20FN3O2/c1-12-4-5-14(17)15(8-12)22-11-16(21)18-9-13(2)10-20-7-3-6-19-20/h3-8,13H,9-11H2,1-2H3,(H,18,21). The number of benzene rings is 1. The van der Waals surface area contributed by atoms with Gasteiger partial charge < -0.3 is 10.1 Å². The van der Waals surface area contributed by atoms with E-state index in [4.69, 9.17) is 4.74 Å². The number of rotatable bonds is 7. The maximum Gasteiger partial charge on any atom is 0.257 e. The highest BCUT2D eigenvalue weighted by Crippen LogP contribution is 2.17. The second-order valence-electron chi connectivity index (χ2n) is 5.36. The smallest absolute Gasteiger partial charge is 0.257 e. The normalized spacial score (nSPS) is 12.0. The van der Waals surface area contributed by atoms with Gasteiger partial charge in [-0.05, 0) is 36.6 Å². The fourth-order valence-electron chi connectivity index (χ4n) is 2.00. The molecule has 1 N–H and O–H groups in total. The van der Waals surface area contributed by atoms with Gasteiger partial charge in [0.15, 0.2) is 18.2 Å². The summed E-state index contributed by atoms with van der Waals surface area (Å²) in [6.07, 6.45) is 3.59. The van der Waals surface area contributed by atoms with Crippen LogP contribution < -0.4 is 10.1 Å². The van der Waals surface area contributed by atoms with Crippen molar-refractivity contribution in [1.29, 1.82) is 0 Å². The van der Waals surface area contributed by atoms with Gasteiger partial charge in [-0.1, -0.05) is 13.0 Å². The van der Waals surface area contributed by atoms with Crippen LogP contribution in [0.5, 0.6) is 5.75 Å². The number of carbonyl (C=O) groups is 1. The van der Waals surface area contributed by atoms with Crippen molar-refractivity contribution in [3.8, 4) is 5.75 Å². The molecule has 1 unspecified atom stereocenters. The van der Waals surface area contributed by atoms with Crippen molar-refractivity contribution in [2.75, 3.05) is 13.2 Å². The zero-order chi connectivity index (χ0) is 15.9. The Morgan fingerprint density at radius 3 is 3.05 bits per heavy atom. The van der Waals surface area contributed by atoms with Gasteiger partial charge in [-0.15, -0.1) is 0 Å². The van der Waals surface area contributed by atoms with E-state index in [0.29, 0.717) is 6.54 Å². The molecular weight excluding hydrogens is 285 g/mol. The lowest BCUT2D eigenvalue weighted by molar-refractivity contribution is -0.123. The van der Waals surface area contributed by atoms with Crippen LogP contribution in [-0.4, -0.2) is 28.8 Å². The van der Waals surface area contributed by atoms with Crippen molar-refractivity contribution in [1.82, 2.24) is 15.1 Å². The minimum atomic E-state index is -0.467. The maximum absolute atomic E-state index is 13.5. The Kier molecular flexibility index (Phi) is 5.52. The minimum absolute atomic E-state index is 0.0970. The molecule has 22 heavy (non-hydrogen) atoms. The predicted molar refractivity (Wildman–Crippen MR) is 81.0 cm³/mol. The summed E-state index contributed by atoms with van der Waals surface area (Å²) in [6, 6.07) is 6.41. The van der Waals surface area contributed by atoms with Crippen LogP contribution in [-0.2, 0) is 11.3 Å². The molecule has 0 bridgehead atoms. The fourth-order valence-corrected chi connectivity index (χ4v) is 2.00. The number of carbonyl (C=O) groups excluding carboxylic acids is 1. The van der Waals surface area contributed by atoms with Gasteiger partial charge in [0.2, 0.25) is 0 Å². The first kappa shape index (κ1) is 16.0. The number of hydrogen-bond donors (Lipinski definition) is 1. The van der Waals surface area contributed by atoms with Gasteiger partial charge in [0, 0.05) is 25.5 Å². The van der Waals surface area contributed by atoms with E-state index in [0.717, 1.165) is 12.1 Å². The minimum Gasteiger partial charge on any atom is -0.481 e. The zero-order valence-electron chi connectivity index (χ0n) is 12.8. The highest BCUT2D eigenvalue weighted by Gasteiger charge is 2.09. The Hall–Kier alpha value is -2.37. The fraction of sp³-hybridized carbons (Fsp3) is 0.375. The van der Waals surface area contributed by atoms with Crippen LogP contribution in [0.3, 0.4) is 0 Å². The highest BCUT2D eigenvalue weighted by atomic mass is 19.1. The Morgan fingerprint density at radius 2 is 2.32 bits per heavy atom. The zero-order valence-corrected chi connectivity index (χ0v) is 12.8. The topological polar surface area (TPSA) is 56.1 Å². The summed E-state index contributed by atoms with van der Waals surface area (Å²) in [5.41, 5.74) is 0.879. The van der Waals surface area contributed by atoms with Crippen molar-refractivity contribution in [2.24, 2.45) is 5.92 Å². The molecule has 0 aliphatic heterocycles. The average molecular weight is 305 g/mol. The lowest BCUT2D eigenvalue weighted by Gasteiger charge is -2.13. The summed E-state index contributed by atoms with van der Waals surface area (Å²) in [7, 11) is 0. The first-order valence-corrected chi connectivity index (χ1v) is 7.17. The van der Waals surface area contributed by atoms with E-state index in [1.54, 1.807) is 18.3 Å². The number of hydrogen-bond acceptors (Lipinski definition) is 3. The number of nitrogens with one attached hydrogen (secondary N) is 1. The molecule has 5 nitrogen and oxygen atoms in total. The van der Waals surface area contributed by atoms with Crippen LogP contribution in [0.2, 0.25) is 0 Å². The molecule has 0 saturated heterocycles. The molecular formula is C16H20FN3O2. The van der Waals surface area contributed by atoms with Crippen molar-refractivity contribution < 1.29 is 13.9 Å². The van der Waals surface area contributed by atoms with Gasteiger partial charge in [0.05, 0.1) is 0 Å². The van der Waals surface area contributed by atoms with E-state index in [1.165, 1.54) is 6.07 Å². The van der Waals surface area contributed by atoms with Crippen LogP contribution in [0, 0.1) is 18.7 Å². The Balaban J connectivity index is 1.72. The van der Waals surface area contributed by atoms with Gasteiger partial charge in [-0.25, -0.2) is 4.39 Å². The van der Waals surface area contributed by atoms with Crippen LogP contribution in [0.4, 0.5) is 4.39 Å². The van der Waals surface area contributed by atoms with Crippen molar-refractivity contribution in [3.05, 3.63) is 48.0 Å². The summed E-state index contributed by atoms with van der Waals surface area (Å²) in [5, 5.41) is 6.89. The van der Waals surface area contributed by atoms with Crippen LogP contribution >= 0.6 is 0 Å². The van der Waals surface area contributed by atoms with E-state index in [1.807, 2.05) is 30.8 Å². The molecule has 0 aliphatic rings. The summed E-state index contributed by atoms with van der Waals surface area (Å²) in [4.78, 5) is 11.7. The van der Waals surface area contributed by atoms with Crippen molar-refractivity contribution >= 4 is 5.91 Å². The molecule has 2 rings (SSSR count). The van der Waals surface area contributed by atoms with Gasteiger partial charge in [-0.2, -0.15) is 5.10 Å². The highest BCUT2D eigenvalue weighted by molar-refractivity contribution is 5.77. The summed E-state index contributed by atoms with van der Waals surface area (Å²) in [5.74, 6) is -0.405. The Bertz CT molecular complexity index is 614. The molecule has 118 valence electrons. The Morgan fingerprint density at radius 1 is 1.50 bits per heavy atom. The lowest BCUT2D eigenvalue weighted by Crippen LogP contribution is -2.33. The molecule has 1 amide bonds. The number of nitrogens with zero attached hydrogens (tertiary/aromatic N) is 2. The molecule has 2 aromatic rings. The number of halogens is 1. The van der Waals surface area contributed by atoms with E-state index in [-0.39, 0.29) is 24.2 Å². The van der Waals surface area contributed by atoms with E-state index < -0.39 is 5.82 Å². The maximum atomic E-state index is 13.5. The molecule has 1 aromatic heterocycles. The van der Waals surface area contributed by atoms with Crippen LogP contribution in [0.25, 0.3) is 0 Å². The number of aromatic nitrogens is 2. The first-order chi connectivity index (χ1) is 10.5. The number of ether oxygens (including phenoxy) is 1. The Labute approximate surface area is 129 Å². The molecule has 1 atom stereocenters. The van der Waals surface area contributed by atoms with Crippen LogP contribution in [0.15, 0.2) is 36.7 Å². The van der Waals surface area contributed by atoms with Crippen LogP contribution in [0.1, 0.15) is 12.5 Å². The third kappa shape index (κ3) is 4.87. The predicted octanol–water partition coefficient (Wildman–Crippen LogP) is 2.16. The van der Waals surface area contributed by atoms with Gasteiger partial charge in [0.1, 0.15) is 0 Å². The molecule has 0 spiro atoms. The lowest BCUT2D eigenvalue weighted by atomic mass is 10.2. The summed E-state index contributed by atoms with van der Waals surface area (Å²) in [6.45, 7) is 4.89. The van der Waals surface area contributed by atoms with Gasteiger partial charge in [-0.3, -0.25) is 9.48 Å². The van der Waals surface area contributed by atoms with Gasteiger partial charge in [0.25, 0.3) is 5.91 Å². The molecule has 1 aromatic carbocycles. The van der Waals surface area contributed by atoms with E-state index >= 15 is 0 Å². The molecule has 6 heteroatoms. The summed E-state index contributed by atoms with van der Waals surface area (Å²) < 4.78 is 20.5. The molecule has 0 saturated carbocycles. The second kappa shape index (κ2) is 7.59. The van der Waals surface area contributed by atoms with Gasteiger partial charge >= 0.3 is 0 Å². The average Bonchev–Trinajstić information content (AvgIpc) is 2.99. The van der Waals surface area contributed by atoms with Crippen molar-refractivity contribution in [3.63, 3.8) is 0 Å². The first-order valence-electron chi connectivity index (χ1n) is 7.17. The molecule has 1 heterocycles. The molecule has 0 fully saturated rings. The largest absolute Gasteiger partial charge is 0.481 e. The quantitative estimate of drug-likeness (QED) is 0.853. The number of aryl methyl sites for hydroxylation is 1. The third-order valence-electron chi connectivity index (χ3n) is 3.15. The number of amides is 1. The summed E-state index contributed by atoms with van der Waals surface area (Å²) >= 11 is 0. The second-order valence-corrected chi connectivity index (χ2v) is 5.36. The van der Waals surface area contributed by atoms with Crippen molar-refractivity contribution in [2.45, 2.75) is 20.4 Å². The SMILES string of the molecule is Cc1ccc(F)c(OCC(=O)NCC(C)Cn2cccn2)c1. The van der Waals surface area contributed by atoms with E-state index in [2.05, 4.69) is 10.4 Å². The monoisotopic (exact) mass is 305 g/mol. The third-order valence-corrected chi connectivity index (χ3v) is 3.15. The van der Waals surface area contributed by atoms with E-state index in [9.17, 15) is 9.18 Å². The molecule has 0 aliphatic carbocycles.